The molecule has 0 radical (unpaired) electrons. The lowest BCUT2D eigenvalue weighted by molar-refractivity contribution is 0.469. The SMILES string of the molecule is Cc1cc(C(C)(C)C)c([O][Al]([CH](C)C)[CH](C)C)c(C(C)(C)C)c1. The topological polar surface area (TPSA) is 9.23 Å². The number of aryl methyl sites for hydroxylation is 1. The number of hydrogen-bond acceptors (Lipinski definition) is 1. The van der Waals surface area contributed by atoms with Gasteiger partial charge in [0.25, 0.3) is 0 Å². The molecule has 0 aliphatic rings. The Balaban J connectivity index is 3.59. The summed E-state index contributed by atoms with van der Waals surface area (Å²) in [5, 5.41) is 0. The van der Waals surface area contributed by atoms with Crippen LogP contribution in [0.2, 0.25) is 9.56 Å². The van der Waals surface area contributed by atoms with Crippen molar-refractivity contribution in [1.29, 1.82) is 0 Å². The quantitative estimate of drug-likeness (QED) is 0.552. The van der Waals surface area contributed by atoms with Crippen LogP contribution in [-0.4, -0.2) is 14.5 Å². The average Bonchev–Trinajstić information content (AvgIpc) is 2.32. The maximum atomic E-state index is 6.85. The first-order chi connectivity index (χ1) is 10.2. The predicted molar refractivity (Wildman–Crippen MR) is 105 cm³/mol. The smallest absolute Gasteiger partial charge is 0.552 e. The fourth-order valence-electron chi connectivity index (χ4n) is 3.19. The van der Waals surface area contributed by atoms with Gasteiger partial charge in [0.05, 0.1) is 5.75 Å². The van der Waals surface area contributed by atoms with Crippen molar-refractivity contribution in [3.8, 4) is 5.75 Å². The van der Waals surface area contributed by atoms with Crippen LogP contribution >= 0.6 is 0 Å². The zero-order valence-electron chi connectivity index (χ0n) is 17.3. The summed E-state index contributed by atoms with van der Waals surface area (Å²) < 4.78 is 8.12. The van der Waals surface area contributed by atoms with Crippen LogP contribution in [0.15, 0.2) is 12.1 Å². The van der Waals surface area contributed by atoms with Gasteiger partial charge in [-0.3, -0.25) is 0 Å². The van der Waals surface area contributed by atoms with Crippen molar-refractivity contribution in [2.75, 3.05) is 0 Å². The molecular weight excluding hydrogens is 295 g/mol. The Morgan fingerprint density at radius 2 is 1.13 bits per heavy atom. The van der Waals surface area contributed by atoms with Crippen molar-refractivity contribution < 1.29 is 3.79 Å². The minimum Gasteiger partial charge on any atom is -0.642 e. The lowest BCUT2D eigenvalue weighted by Crippen LogP contribution is -2.32. The van der Waals surface area contributed by atoms with Crippen molar-refractivity contribution in [2.24, 2.45) is 0 Å². The summed E-state index contributed by atoms with van der Waals surface area (Å²) in [5.41, 5.74) is 4.24. The fourth-order valence-corrected chi connectivity index (χ4v) is 5.80. The van der Waals surface area contributed by atoms with Gasteiger partial charge in [-0.15, -0.1) is 0 Å². The highest BCUT2D eigenvalue weighted by atomic mass is 27.2. The first kappa shape index (κ1) is 20.6. The molecule has 0 aliphatic heterocycles. The van der Waals surface area contributed by atoms with E-state index >= 15 is 0 Å². The Hall–Kier alpha value is -0.448. The predicted octanol–water partition coefficient (Wildman–Crippen LogP) is 6.78. The Bertz CT molecular complexity index is 487. The molecule has 2 heteroatoms. The molecule has 1 rings (SSSR count). The Kier molecular flexibility index (Phi) is 6.45. The summed E-state index contributed by atoms with van der Waals surface area (Å²) in [6, 6.07) is 4.66. The highest BCUT2D eigenvalue weighted by Crippen LogP contribution is 2.42. The Morgan fingerprint density at radius 1 is 0.783 bits per heavy atom. The van der Waals surface area contributed by atoms with Crippen molar-refractivity contribution >= 4 is 14.5 Å². The highest BCUT2D eigenvalue weighted by Gasteiger charge is 2.35. The highest BCUT2D eigenvalue weighted by molar-refractivity contribution is 6.55. The molecule has 1 aromatic carbocycles. The minimum atomic E-state index is -1.32. The van der Waals surface area contributed by atoms with Crippen LogP contribution in [0.4, 0.5) is 0 Å². The van der Waals surface area contributed by atoms with Crippen LogP contribution in [0.1, 0.15) is 85.9 Å². The van der Waals surface area contributed by atoms with Gasteiger partial charge >= 0.3 is 14.5 Å². The summed E-state index contributed by atoms with van der Waals surface area (Å²) in [5.74, 6) is 1.18. The molecule has 0 fully saturated rings. The van der Waals surface area contributed by atoms with E-state index in [0.29, 0.717) is 9.56 Å². The van der Waals surface area contributed by atoms with Gasteiger partial charge in [0, 0.05) is 0 Å². The monoisotopic (exact) mass is 332 g/mol. The summed E-state index contributed by atoms with van der Waals surface area (Å²) in [6.45, 7) is 25.2. The first-order valence-electron chi connectivity index (χ1n) is 9.07. The molecule has 1 nitrogen and oxygen atoms in total. The van der Waals surface area contributed by atoms with E-state index in [-0.39, 0.29) is 10.8 Å². The maximum absolute atomic E-state index is 6.85. The van der Waals surface area contributed by atoms with Gasteiger partial charge in [-0.25, -0.2) is 0 Å². The van der Waals surface area contributed by atoms with Gasteiger partial charge in [0.15, 0.2) is 0 Å². The van der Waals surface area contributed by atoms with Gasteiger partial charge in [0.1, 0.15) is 0 Å². The molecule has 0 heterocycles. The van der Waals surface area contributed by atoms with Crippen molar-refractivity contribution in [3.05, 3.63) is 28.8 Å². The summed E-state index contributed by atoms with van der Waals surface area (Å²) in [4.78, 5) is 0. The van der Waals surface area contributed by atoms with Gasteiger partial charge in [-0.05, 0) is 38.4 Å². The van der Waals surface area contributed by atoms with Gasteiger partial charge in [-0.2, -0.15) is 0 Å². The Labute approximate surface area is 149 Å². The van der Waals surface area contributed by atoms with Crippen LogP contribution in [-0.2, 0) is 10.8 Å². The zero-order chi connectivity index (χ0) is 18.2. The van der Waals surface area contributed by atoms with Gasteiger partial charge in [0.2, 0.25) is 0 Å². The molecule has 130 valence electrons. The van der Waals surface area contributed by atoms with Crippen LogP contribution < -0.4 is 3.79 Å². The third-order valence-electron chi connectivity index (χ3n) is 4.42. The lowest BCUT2D eigenvalue weighted by Gasteiger charge is -2.34. The second-order valence-electron chi connectivity index (χ2n) is 9.76. The molecule has 0 atom stereocenters. The van der Waals surface area contributed by atoms with Crippen molar-refractivity contribution in [1.82, 2.24) is 0 Å². The molecule has 0 spiro atoms. The number of benzene rings is 1. The molecule has 0 unspecified atom stereocenters. The third-order valence-corrected chi connectivity index (χ3v) is 7.55. The molecule has 0 saturated carbocycles. The van der Waals surface area contributed by atoms with E-state index in [2.05, 4.69) is 88.3 Å². The van der Waals surface area contributed by atoms with Gasteiger partial charge in [-0.1, -0.05) is 86.9 Å². The van der Waals surface area contributed by atoms with E-state index in [1.165, 1.54) is 22.4 Å². The van der Waals surface area contributed by atoms with E-state index in [1.807, 2.05) is 0 Å². The summed E-state index contributed by atoms with van der Waals surface area (Å²) in [6.07, 6.45) is 0. The molecule has 0 bridgehead atoms. The van der Waals surface area contributed by atoms with Crippen LogP contribution in [0.25, 0.3) is 0 Å². The molecule has 0 N–H and O–H groups in total. The number of rotatable bonds is 4. The van der Waals surface area contributed by atoms with Gasteiger partial charge < -0.3 is 3.79 Å². The molecule has 0 aliphatic carbocycles. The first-order valence-corrected chi connectivity index (χ1v) is 10.9. The molecule has 23 heavy (non-hydrogen) atoms. The molecular formula is C21H37AlO. The van der Waals surface area contributed by atoms with Crippen LogP contribution in [0.5, 0.6) is 5.75 Å². The molecule has 0 amide bonds. The average molecular weight is 333 g/mol. The van der Waals surface area contributed by atoms with E-state index in [1.54, 1.807) is 0 Å². The van der Waals surface area contributed by atoms with E-state index < -0.39 is 14.5 Å². The molecule has 1 aromatic rings. The third kappa shape index (κ3) is 5.27. The minimum absolute atomic E-state index is 0.0915. The maximum Gasteiger partial charge on any atom is 0.552 e. The second kappa shape index (κ2) is 7.20. The standard InChI is InChI=1S/C15H24O.2C3H7.Al/c1-10-8-11(14(2,3)4)13(16)12(9-10)15(5,6)7;2*1-3-2;/h8-9,16H,1-7H3;2*3H,1-2H3;/q;;;+1/p-1. The summed E-state index contributed by atoms with van der Waals surface area (Å²) >= 11 is -1.32. The number of hydrogen-bond donors (Lipinski definition) is 0. The molecule has 0 aromatic heterocycles. The fraction of sp³-hybridized carbons (Fsp3) is 0.714. The Morgan fingerprint density at radius 3 is 1.39 bits per heavy atom. The van der Waals surface area contributed by atoms with Crippen molar-refractivity contribution in [3.63, 3.8) is 0 Å². The van der Waals surface area contributed by atoms with Crippen LogP contribution in [0.3, 0.4) is 0 Å². The zero-order valence-corrected chi connectivity index (χ0v) is 18.4. The van der Waals surface area contributed by atoms with Crippen LogP contribution in [0, 0.1) is 6.92 Å². The van der Waals surface area contributed by atoms with E-state index in [9.17, 15) is 0 Å². The van der Waals surface area contributed by atoms with E-state index in [0.717, 1.165) is 0 Å². The van der Waals surface area contributed by atoms with E-state index in [4.69, 9.17) is 3.79 Å². The second-order valence-corrected chi connectivity index (χ2v) is 13.6. The normalized spacial score (nSPS) is 12.9. The van der Waals surface area contributed by atoms with Crippen molar-refractivity contribution in [2.45, 2.75) is 96.6 Å². The molecule has 0 saturated heterocycles. The largest absolute Gasteiger partial charge is 0.642 e. The summed E-state index contributed by atoms with van der Waals surface area (Å²) in [7, 11) is 0. The lowest BCUT2D eigenvalue weighted by atomic mass is 9.78.